The molecule has 1 aromatic rings. The van der Waals surface area contributed by atoms with E-state index in [0.29, 0.717) is 0 Å². The lowest BCUT2D eigenvalue weighted by Gasteiger charge is -2.24. The highest BCUT2D eigenvalue weighted by Gasteiger charge is 2.28. The molecule has 0 atom stereocenters. The number of hydrogen-bond acceptors (Lipinski definition) is 4. The van der Waals surface area contributed by atoms with Gasteiger partial charge in [0.25, 0.3) is 10.0 Å². The summed E-state index contributed by atoms with van der Waals surface area (Å²) in [4.78, 5) is 0. The molecular formula is C11H19NO4S. The molecule has 1 heterocycles. The lowest BCUT2D eigenvalue weighted by Crippen LogP contribution is -2.36. The van der Waals surface area contributed by atoms with Crippen LogP contribution in [-0.4, -0.2) is 30.9 Å². The third-order valence-electron chi connectivity index (χ3n) is 2.88. The Bertz CT molecular complexity index is 448. The van der Waals surface area contributed by atoms with Crippen LogP contribution in [0.15, 0.2) is 21.6 Å². The van der Waals surface area contributed by atoms with E-state index in [4.69, 9.17) is 9.52 Å². The Balaban J connectivity index is 3.01. The first-order valence-corrected chi connectivity index (χ1v) is 7.08. The largest absolute Gasteiger partial charge is 0.446 e. The monoisotopic (exact) mass is 261 g/mol. The molecule has 98 valence electrons. The van der Waals surface area contributed by atoms with Crippen molar-refractivity contribution >= 4 is 10.0 Å². The van der Waals surface area contributed by atoms with Gasteiger partial charge in [0.05, 0.1) is 0 Å². The molecule has 0 unspecified atom stereocenters. The van der Waals surface area contributed by atoms with Gasteiger partial charge in [0, 0.05) is 13.1 Å². The summed E-state index contributed by atoms with van der Waals surface area (Å²) in [5.41, 5.74) is 0. The summed E-state index contributed by atoms with van der Waals surface area (Å²) in [6.07, 6.45) is 1.50. The molecule has 1 N–H and O–H groups in total. The zero-order valence-electron chi connectivity index (χ0n) is 10.4. The Labute approximate surface area is 102 Å². The molecule has 0 aliphatic heterocycles. The molecule has 0 fully saturated rings. The Morgan fingerprint density at radius 1 is 1.35 bits per heavy atom. The molecule has 0 aliphatic rings. The SMILES string of the molecule is CCC(CC)N(C)S(=O)(=O)c1ccc(CO)o1. The highest BCUT2D eigenvalue weighted by molar-refractivity contribution is 7.89. The van der Waals surface area contributed by atoms with E-state index < -0.39 is 10.0 Å². The van der Waals surface area contributed by atoms with E-state index in [2.05, 4.69) is 0 Å². The third kappa shape index (κ3) is 2.88. The van der Waals surface area contributed by atoms with E-state index in [0.717, 1.165) is 12.8 Å². The Kier molecular flexibility index (Phi) is 4.73. The average molecular weight is 261 g/mol. The van der Waals surface area contributed by atoms with Crippen molar-refractivity contribution in [2.75, 3.05) is 7.05 Å². The van der Waals surface area contributed by atoms with Gasteiger partial charge >= 0.3 is 0 Å². The summed E-state index contributed by atoms with van der Waals surface area (Å²) in [7, 11) is -2.05. The van der Waals surface area contributed by atoms with Gasteiger partial charge in [-0.05, 0) is 25.0 Å². The van der Waals surface area contributed by atoms with Crippen molar-refractivity contribution in [3.8, 4) is 0 Å². The summed E-state index contributed by atoms with van der Waals surface area (Å²) in [5, 5.41) is 8.74. The van der Waals surface area contributed by atoms with Crippen LogP contribution in [0.2, 0.25) is 0 Å². The highest BCUT2D eigenvalue weighted by atomic mass is 32.2. The van der Waals surface area contributed by atoms with Gasteiger partial charge in [0.2, 0.25) is 5.09 Å². The van der Waals surface area contributed by atoms with Crippen molar-refractivity contribution < 1.29 is 17.9 Å². The number of aliphatic hydroxyl groups is 1. The van der Waals surface area contributed by atoms with E-state index in [-0.39, 0.29) is 23.5 Å². The van der Waals surface area contributed by atoms with Gasteiger partial charge in [-0.15, -0.1) is 0 Å². The molecule has 0 saturated heterocycles. The summed E-state index contributed by atoms with van der Waals surface area (Å²) in [6.45, 7) is 3.59. The first-order valence-electron chi connectivity index (χ1n) is 5.64. The summed E-state index contributed by atoms with van der Waals surface area (Å²) in [6, 6.07) is 2.80. The number of furan rings is 1. The van der Waals surface area contributed by atoms with Crippen molar-refractivity contribution in [1.29, 1.82) is 0 Å². The van der Waals surface area contributed by atoms with Gasteiger partial charge in [0.1, 0.15) is 12.4 Å². The molecule has 5 nitrogen and oxygen atoms in total. The van der Waals surface area contributed by atoms with Crippen LogP contribution >= 0.6 is 0 Å². The van der Waals surface area contributed by atoms with Gasteiger partial charge in [0.15, 0.2) is 0 Å². The number of nitrogens with zero attached hydrogens (tertiary/aromatic N) is 1. The quantitative estimate of drug-likeness (QED) is 0.844. The highest BCUT2D eigenvalue weighted by Crippen LogP contribution is 2.21. The number of sulfonamides is 1. The predicted molar refractivity (Wildman–Crippen MR) is 63.9 cm³/mol. The van der Waals surface area contributed by atoms with Crippen molar-refractivity contribution in [2.45, 2.75) is 44.4 Å². The average Bonchev–Trinajstić information content (AvgIpc) is 2.79. The maximum absolute atomic E-state index is 12.2. The maximum Gasteiger partial charge on any atom is 0.276 e. The van der Waals surface area contributed by atoms with Gasteiger partial charge in [-0.3, -0.25) is 0 Å². The Hall–Kier alpha value is -0.850. The number of aliphatic hydroxyl groups excluding tert-OH is 1. The third-order valence-corrected chi connectivity index (χ3v) is 4.67. The van der Waals surface area contributed by atoms with Crippen LogP contribution in [0.4, 0.5) is 0 Å². The minimum Gasteiger partial charge on any atom is -0.446 e. The molecular weight excluding hydrogens is 242 g/mol. The minimum absolute atomic E-state index is 0.0392. The van der Waals surface area contributed by atoms with Crippen LogP contribution in [-0.2, 0) is 16.6 Å². The van der Waals surface area contributed by atoms with Crippen molar-refractivity contribution in [3.05, 3.63) is 17.9 Å². The summed E-state index contributed by atoms with van der Waals surface area (Å²) < 4.78 is 30.7. The Morgan fingerprint density at radius 2 is 1.94 bits per heavy atom. The van der Waals surface area contributed by atoms with E-state index in [9.17, 15) is 8.42 Å². The summed E-state index contributed by atoms with van der Waals surface area (Å²) in [5.74, 6) is 0.251. The molecule has 1 rings (SSSR count). The molecule has 6 heteroatoms. The number of rotatable bonds is 6. The molecule has 0 aromatic carbocycles. The molecule has 0 saturated carbocycles. The Morgan fingerprint density at radius 3 is 2.35 bits per heavy atom. The fourth-order valence-electron chi connectivity index (χ4n) is 1.72. The van der Waals surface area contributed by atoms with Crippen molar-refractivity contribution in [3.63, 3.8) is 0 Å². The minimum atomic E-state index is -3.60. The normalized spacial score (nSPS) is 12.6. The van der Waals surface area contributed by atoms with Gasteiger partial charge in [-0.1, -0.05) is 13.8 Å². The zero-order valence-corrected chi connectivity index (χ0v) is 11.2. The molecule has 0 aliphatic carbocycles. The lowest BCUT2D eigenvalue weighted by atomic mass is 10.2. The van der Waals surface area contributed by atoms with Crippen LogP contribution in [0.25, 0.3) is 0 Å². The topological polar surface area (TPSA) is 70.8 Å². The zero-order chi connectivity index (χ0) is 13.1. The number of hydrogen-bond donors (Lipinski definition) is 1. The first-order chi connectivity index (χ1) is 7.97. The van der Waals surface area contributed by atoms with Crippen LogP contribution in [0.1, 0.15) is 32.4 Å². The summed E-state index contributed by atoms with van der Waals surface area (Å²) >= 11 is 0. The van der Waals surface area contributed by atoms with Gasteiger partial charge in [-0.25, -0.2) is 8.42 Å². The van der Waals surface area contributed by atoms with Crippen LogP contribution in [0, 0.1) is 0 Å². The molecule has 0 amide bonds. The lowest BCUT2D eigenvalue weighted by molar-refractivity contribution is 0.234. The molecule has 0 spiro atoms. The first kappa shape index (κ1) is 14.2. The molecule has 0 radical (unpaired) electrons. The predicted octanol–water partition coefficient (Wildman–Crippen LogP) is 1.58. The van der Waals surface area contributed by atoms with Gasteiger partial charge < -0.3 is 9.52 Å². The second-order valence-electron chi connectivity index (χ2n) is 3.87. The fraction of sp³-hybridized carbons (Fsp3) is 0.636. The molecule has 0 bridgehead atoms. The standard InChI is InChI=1S/C11H19NO4S/c1-4-9(5-2)12(3)17(14,15)11-7-6-10(8-13)16-11/h6-7,9,13H,4-5,8H2,1-3H3. The maximum atomic E-state index is 12.2. The van der Waals surface area contributed by atoms with Gasteiger partial charge in [-0.2, -0.15) is 4.31 Å². The van der Waals surface area contributed by atoms with E-state index in [1.807, 2.05) is 13.8 Å². The molecule has 17 heavy (non-hydrogen) atoms. The van der Waals surface area contributed by atoms with Crippen molar-refractivity contribution in [1.82, 2.24) is 4.31 Å². The second-order valence-corrected chi connectivity index (χ2v) is 5.80. The molecule has 1 aromatic heterocycles. The van der Waals surface area contributed by atoms with E-state index in [1.54, 1.807) is 7.05 Å². The van der Waals surface area contributed by atoms with E-state index in [1.165, 1.54) is 16.4 Å². The fourth-order valence-corrected chi connectivity index (χ4v) is 3.15. The van der Waals surface area contributed by atoms with Crippen LogP contribution < -0.4 is 0 Å². The smallest absolute Gasteiger partial charge is 0.276 e. The van der Waals surface area contributed by atoms with Crippen LogP contribution in [0.3, 0.4) is 0 Å². The second kappa shape index (κ2) is 5.66. The van der Waals surface area contributed by atoms with E-state index >= 15 is 0 Å². The van der Waals surface area contributed by atoms with Crippen LogP contribution in [0.5, 0.6) is 0 Å². The van der Waals surface area contributed by atoms with Crippen molar-refractivity contribution in [2.24, 2.45) is 0 Å².